The minimum atomic E-state index is -1.66. The Labute approximate surface area is 146 Å². The van der Waals surface area contributed by atoms with E-state index in [4.69, 9.17) is 0 Å². The van der Waals surface area contributed by atoms with Gasteiger partial charge in [-0.3, -0.25) is 9.78 Å². The Morgan fingerprint density at radius 2 is 1.81 bits per heavy atom. The molecule has 3 aromatic rings. The van der Waals surface area contributed by atoms with E-state index in [1.54, 1.807) is 18.3 Å². The highest BCUT2D eigenvalue weighted by Gasteiger charge is 2.17. The summed E-state index contributed by atoms with van der Waals surface area (Å²) in [5.74, 6) is -5.13. The van der Waals surface area contributed by atoms with E-state index in [0.29, 0.717) is 12.6 Å². The summed E-state index contributed by atoms with van der Waals surface area (Å²) in [5, 5.41) is 5.04. The van der Waals surface area contributed by atoms with Crippen LogP contribution in [0.1, 0.15) is 16.2 Å². The Morgan fingerprint density at radius 1 is 0.962 bits per heavy atom. The lowest BCUT2D eigenvalue weighted by atomic mass is 10.2. The fraction of sp³-hybridized carbons (Fsp3) is 0.0588. The van der Waals surface area contributed by atoms with Crippen molar-refractivity contribution < 1.29 is 18.0 Å². The first-order valence-corrected chi connectivity index (χ1v) is 7.46. The molecule has 9 heteroatoms. The Bertz CT molecular complexity index is 937. The molecule has 3 rings (SSSR count). The number of benzene rings is 1. The maximum absolute atomic E-state index is 13.6. The molecule has 0 aliphatic rings. The predicted molar refractivity (Wildman–Crippen MR) is 87.9 cm³/mol. The van der Waals surface area contributed by atoms with Crippen LogP contribution in [0.4, 0.5) is 24.8 Å². The van der Waals surface area contributed by atoms with Gasteiger partial charge in [-0.15, -0.1) is 0 Å². The van der Waals surface area contributed by atoms with Crippen molar-refractivity contribution in [2.45, 2.75) is 6.54 Å². The summed E-state index contributed by atoms with van der Waals surface area (Å²) in [7, 11) is 0. The largest absolute Gasteiger partial charge is 0.349 e. The standard InChI is InChI=1S/C17H12F3N5O/c18-11-4-5-12(15(20)14(11)19)24-16(26)13-6-8-22-17(25-13)23-9-10-3-1-2-7-21-10/h1-8H,9H2,(H,24,26)(H,22,23,25). The number of anilines is 2. The summed E-state index contributed by atoms with van der Waals surface area (Å²) in [6.07, 6.45) is 2.97. The van der Waals surface area contributed by atoms with Gasteiger partial charge in [-0.1, -0.05) is 6.07 Å². The van der Waals surface area contributed by atoms with Crippen LogP contribution in [0.5, 0.6) is 0 Å². The number of hydrogen-bond acceptors (Lipinski definition) is 5. The Hall–Kier alpha value is -3.49. The number of rotatable bonds is 5. The molecule has 1 amide bonds. The van der Waals surface area contributed by atoms with Gasteiger partial charge in [-0.25, -0.2) is 23.1 Å². The molecule has 1 aromatic carbocycles. The Morgan fingerprint density at radius 3 is 2.58 bits per heavy atom. The lowest BCUT2D eigenvalue weighted by Crippen LogP contribution is -2.16. The van der Waals surface area contributed by atoms with Crippen LogP contribution in [-0.4, -0.2) is 20.9 Å². The number of hydrogen-bond donors (Lipinski definition) is 2. The van der Waals surface area contributed by atoms with E-state index in [9.17, 15) is 18.0 Å². The van der Waals surface area contributed by atoms with E-state index in [0.717, 1.165) is 11.8 Å². The molecule has 2 aromatic heterocycles. The highest BCUT2D eigenvalue weighted by molar-refractivity contribution is 6.03. The van der Waals surface area contributed by atoms with Crippen LogP contribution in [0.15, 0.2) is 48.8 Å². The number of pyridine rings is 1. The zero-order chi connectivity index (χ0) is 18.5. The first-order chi connectivity index (χ1) is 12.5. The highest BCUT2D eigenvalue weighted by Crippen LogP contribution is 2.20. The van der Waals surface area contributed by atoms with Gasteiger partial charge in [-0.05, 0) is 30.3 Å². The van der Waals surface area contributed by atoms with Crippen LogP contribution >= 0.6 is 0 Å². The molecule has 2 N–H and O–H groups in total. The van der Waals surface area contributed by atoms with Crippen molar-refractivity contribution in [3.63, 3.8) is 0 Å². The summed E-state index contributed by atoms with van der Waals surface area (Å²) < 4.78 is 39.8. The quantitative estimate of drug-likeness (QED) is 0.684. The molecule has 0 aliphatic carbocycles. The SMILES string of the molecule is O=C(Nc1ccc(F)c(F)c1F)c1ccnc(NCc2ccccn2)n1. The molecular weight excluding hydrogens is 347 g/mol. The van der Waals surface area contributed by atoms with Crippen LogP contribution in [0.25, 0.3) is 0 Å². The number of halogens is 3. The number of amides is 1. The molecule has 6 nitrogen and oxygen atoms in total. The second-order valence-corrected chi connectivity index (χ2v) is 5.12. The van der Waals surface area contributed by atoms with Gasteiger partial charge in [0.1, 0.15) is 5.69 Å². The molecule has 0 spiro atoms. The third-order valence-corrected chi connectivity index (χ3v) is 3.33. The molecular formula is C17H12F3N5O. The number of nitrogens with one attached hydrogen (secondary N) is 2. The lowest BCUT2D eigenvalue weighted by molar-refractivity contribution is 0.102. The van der Waals surface area contributed by atoms with Crippen LogP contribution in [-0.2, 0) is 6.54 Å². The van der Waals surface area contributed by atoms with Crippen molar-refractivity contribution in [1.82, 2.24) is 15.0 Å². The second-order valence-electron chi connectivity index (χ2n) is 5.12. The molecule has 0 saturated carbocycles. The molecule has 0 aliphatic heterocycles. The van der Waals surface area contributed by atoms with Gasteiger partial charge < -0.3 is 10.6 Å². The zero-order valence-corrected chi connectivity index (χ0v) is 13.2. The predicted octanol–water partition coefficient (Wildman–Crippen LogP) is 3.15. The fourth-order valence-corrected chi connectivity index (χ4v) is 2.05. The molecule has 132 valence electrons. The van der Waals surface area contributed by atoms with Crippen LogP contribution < -0.4 is 10.6 Å². The minimum absolute atomic E-state index is 0.0762. The van der Waals surface area contributed by atoms with E-state index in [1.807, 2.05) is 6.07 Å². The van der Waals surface area contributed by atoms with Crippen molar-refractivity contribution in [3.05, 3.63) is 77.6 Å². The normalized spacial score (nSPS) is 10.4. The zero-order valence-electron chi connectivity index (χ0n) is 13.2. The van der Waals surface area contributed by atoms with E-state index in [-0.39, 0.29) is 11.6 Å². The maximum Gasteiger partial charge on any atom is 0.274 e. The molecule has 0 bridgehead atoms. The third-order valence-electron chi connectivity index (χ3n) is 3.33. The van der Waals surface area contributed by atoms with Gasteiger partial charge in [0.15, 0.2) is 17.5 Å². The first kappa shape index (κ1) is 17.3. The summed E-state index contributed by atoms with van der Waals surface area (Å²) >= 11 is 0. The van der Waals surface area contributed by atoms with Crippen molar-refractivity contribution >= 4 is 17.5 Å². The summed E-state index contributed by atoms with van der Waals surface area (Å²) in [5.41, 5.74) is 0.179. The Kier molecular flexibility index (Phi) is 5.07. The van der Waals surface area contributed by atoms with Gasteiger partial charge in [0.2, 0.25) is 5.95 Å². The van der Waals surface area contributed by atoms with Crippen LogP contribution in [0.2, 0.25) is 0 Å². The van der Waals surface area contributed by atoms with Crippen molar-refractivity contribution in [2.24, 2.45) is 0 Å². The van der Waals surface area contributed by atoms with Crippen molar-refractivity contribution in [1.29, 1.82) is 0 Å². The van der Waals surface area contributed by atoms with Gasteiger partial charge in [0.25, 0.3) is 5.91 Å². The summed E-state index contributed by atoms with van der Waals surface area (Å²) in [4.78, 5) is 24.3. The molecule has 26 heavy (non-hydrogen) atoms. The molecule has 0 fully saturated rings. The van der Waals surface area contributed by atoms with E-state index in [2.05, 4.69) is 25.6 Å². The first-order valence-electron chi connectivity index (χ1n) is 7.46. The average molecular weight is 359 g/mol. The van der Waals surface area contributed by atoms with Gasteiger partial charge >= 0.3 is 0 Å². The molecule has 2 heterocycles. The summed E-state index contributed by atoms with van der Waals surface area (Å²) in [6.45, 7) is 0.337. The Balaban J connectivity index is 1.71. The minimum Gasteiger partial charge on any atom is -0.349 e. The third kappa shape index (κ3) is 3.94. The topological polar surface area (TPSA) is 79.8 Å². The van der Waals surface area contributed by atoms with E-state index < -0.39 is 29.0 Å². The van der Waals surface area contributed by atoms with Gasteiger partial charge in [0, 0.05) is 12.4 Å². The average Bonchev–Trinajstić information content (AvgIpc) is 2.68. The van der Waals surface area contributed by atoms with Crippen molar-refractivity contribution in [2.75, 3.05) is 10.6 Å². The smallest absolute Gasteiger partial charge is 0.274 e. The van der Waals surface area contributed by atoms with Gasteiger partial charge in [0.05, 0.1) is 17.9 Å². The molecule has 0 atom stereocenters. The van der Waals surface area contributed by atoms with Crippen LogP contribution in [0.3, 0.4) is 0 Å². The fourth-order valence-electron chi connectivity index (χ4n) is 2.05. The van der Waals surface area contributed by atoms with Crippen molar-refractivity contribution in [3.8, 4) is 0 Å². The molecule has 0 unspecified atom stereocenters. The number of carbonyl (C=O) groups is 1. The maximum atomic E-state index is 13.6. The van der Waals surface area contributed by atoms with Gasteiger partial charge in [-0.2, -0.15) is 0 Å². The molecule has 0 radical (unpaired) electrons. The van der Waals surface area contributed by atoms with E-state index >= 15 is 0 Å². The second kappa shape index (κ2) is 7.60. The van der Waals surface area contributed by atoms with E-state index in [1.165, 1.54) is 12.3 Å². The number of nitrogens with zero attached hydrogens (tertiary/aromatic N) is 3. The highest BCUT2D eigenvalue weighted by atomic mass is 19.2. The van der Waals surface area contributed by atoms with Crippen LogP contribution in [0, 0.1) is 17.5 Å². The molecule has 0 saturated heterocycles. The number of carbonyl (C=O) groups excluding carboxylic acids is 1. The summed E-state index contributed by atoms with van der Waals surface area (Å²) in [6, 6.07) is 8.35. The number of aromatic nitrogens is 3. The monoisotopic (exact) mass is 359 g/mol. The lowest BCUT2D eigenvalue weighted by Gasteiger charge is -2.08.